The lowest BCUT2D eigenvalue weighted by atomic mass is 9.76. The van der Waals surface area contributed by atoms with E-state index in [1.54, 1.807) is 0 Å². The molecule has 0 saturated heterocycles. The summed E-state index contributed by atoms with van der Waals surface area (Å²) in [4.78, 5) is 21.6. The predicted molar refractivity (Wildman–Crippen MR) is 79.9 cm³/mol. The van der Waals surface area contributed by atoms with Crippen molar-refractivity contribution in [2.75, 3.05) is 5.75 Å². The minimum Gasteiger partial charge on any atom is -0.481 e. The van der Waals surface area contributed by atoms with Gasteiger partial charge in [-0.2, -0.15) is 8.42 Å². The van der Waals surface area contributed by atoms with Crippen molar-refractivity contribution in [3.8, 4) is 0 Å². The van der Waals surface area contributed by atoms with Crippen LogP contribution in [0.3, 0.4) is 0 Å². The van der Waals surface area contributed by atoms with E-state index >= 15 is 0 Å². The number of hydrogen-bond donors (Lipinski definition) is 4. The number of unbranched alkanes of at least 4 members (excludes halogenated alkanes) is 1. The van der Waals surface area contributed by atoms with Crippen LogP contribution in [0.2, 0.25) is 0 Å². The van der Waals surface area contributed by atoms with Gasteiger partial charge in [-0.15, -0.1) is 0 Å². The van der Waals surface area contributed by atoms with E-state index in [-0.39, 0.29) is 11.3 Å². The molecule has 1 aliphatic carbocycles. The van der Waals surface area contributed by atoms with E-state index in [1.807, 2.05) is 6.92 Å². The minimum atomic E-state index is -3.69. The molecule has 0 radical (unpaired) electrons. The number of hydrogen-bond acceptors (Lipinski definition) is 5. The number of rotatable bonds is 5. The Morgan fingerprint density at radius 1 is 1.36 bits per heavy atom. The molecule has 8 nitrogen and oxygen atoms in total. The summed E-state index contributed by atoms with van der Waals surface area (Å²) in [7, 11) is -3.69. The average Bonchev–Trinajstić information content (AvgIpc) is 2.39. The Kier molecular flexibility index (Phi) is 7.44. The van der Waals surface area contributed by atoms with E-state index < -0.39 is 33.5 Å². The smallest absolute Gasteiger partial charge is 0.333 e. The van der Waals surface area contributed by atoms with Gasteiger partial charge in [0.25, 0.3) is 10.1 Å². The summed E-state index contributed by atoms with van der Waals surface area (Å²) in [5.41, 5.74) is 4.15. The van der Waals surface area contributed by atoms with Crippen LogP contribution < -0.4 is 5.73 Å². The van der Waals surface area contributed by atoms with E-state index in [2.05, 4.69) is 0 Å². The fourth-order valence-electron chi connectivity index (χ4n) is 1.62. The molecule has 0 spiro atoms. The van der Waals surface area contributed by atoms with Crippen molar-refractivity contribution >= 4 is 22.1 Å². The van der Waals surface area contributed by atoms with Gasteiger partial charge in [0, 0.05) is 0 Å². The molecule has 1 aliphatic rings. The van der Waals surface area contributed by atoms with E-state index in [9.17, 15) is 18.0 Å². The standard InChI is InChI=1S/C9H11NO4.C4H10O3S/c1-9(8(13)14)4-2-3-5(6(9)10)7(11)12;1-2-3-4-8(5,6)7/h2-4,6H,10H2,1H3,(H,11,12)(H,13,14);2-4H2,1H3,(H,5,6,7). The van der Waals surface area contributed by atoms with Crippen molar-refractivity contribution in [3.63, 3.8) is 0 Å². The summed E-state index contributed by atoms with van der Waals surface area (Å²) in [6, 6.07) is -1.03. The maximum absolute atomic E-state index is 10.9. The Hall–Kier alpha value is -1.71. The van der Waals surface area contributed by atoms with Crippen molar-refractivity contribution in [1.29, 1.82) is 0 Å². The number of allylic oxidation sites excluding steroid dienone is 2. The monoisotopic (exact) mass is 335 g/mol. The summed E-state index contributed by atoms with van der Waals surface area (Å²) in [5.74, 6) is -2.42. The lowest BCUT2D eigenvalue weighted by molar-refractivity contribution is -0.146. The molecule has 0 amide bonds. The highest BCUT2D eigenvalue weighted by molar-refractivity contribution is 7.85. The largest absolute Gasteiger partial charge is 0.481 e. The van der Waals surface area contributed by atoms with Gasteiger partial charge in [-0.25, -0.2) is 4.79 Å². The van der Waals surface area contributed by atoms with Crippen molar-refractivity contribution in [2.24, 2.45) is 11.1 Å². The molecule has 2 atom stereocenters. The first-order valence-corrected chi connectivity index (χ1v) is 8.13. The molecule has 0 heterocycles. The number of aliphatic carboxylic acids is 2. The highest BCUT2D eigenvalue weighted by Crippen LogP contribution is 2.30. The Morgan fingerprint density at radius 3 is 2.23 bits per heavy atom. The van der Waals surface area contributed by atoms with Gasteiger partial charge in [0.1, 0.15) is 5.41 Å². The van der Waals surface area contributed by atoms with Gasteiger partial charge >= 0.3 is 11.9 Å². The van der Waals surface area contributed by atoms with Gasteiger partial charge in [-0.1, -0.05) is 31.6 Å². The van der Waals surface area contributed by atoms with Crippen molar-refractivity contribution in [1.82, 2.24) is 0 Å². The van der Waals surface area contributed by atoms with E-state index in [1.165, 1.54) is 25.2 Å². The zero-order valence-electron chi connectivity index (χ0n) is 12.4. The van der Waals surface area contributed by atoms with Gasteiger partial charge in [-0.05, 0) is 13.3 Å². The van der Waals surface area contributed by atoms with Crippen molar-refractivity contribution < 1.29 is 32.8 Å². The molecular weight excluding hydrogens is 314 g/mol. The number of nitrogens with two attached hydrogens (primary N) is 1. The molecule has 0 aromatic rings. The van der Waals surface area contributed by atoms with Gasteiger partial charge in [0.15, 0.2) is 0 Å². The summed E-state index contributed by atoms with van der Waals surface area (Å²) < 4.78 is 28.0. The van der Waals surface area contributed by atoms with Crippen LogP contribution in [0.1, 0.15) is 26.7 Å². The lowest BCUT2D eigenvalue weighted by Crippen LogP contribution is -2.48. The maximum Gasteiger partial charge on any atom is 0.333 e. The second-order valence-electron chi connectivity index (χ2n) is 4.99. The third kappa shape index (κ3) is 5.96. The van der Waals surface area contributed by atoms with E-state index in [4.69, 9.17) is 20.5 Å². The van der Waals surface area contributed by atoms with E-state index in [0.717, 1.165) is 6.42 Å². The molecule has 0 aromatic carbocycles. The van der Waals surface area contributed by atoms with Crippen LogP contribution in [-0.4, -0.2) is 46.9 Å². The highest BCUT2D eigenvalue weighted by atomic mass is 32.2. The molecule has 2 unspecified atom stereocenters. The SMILES string of the molecule is CC1(C(=O)O)C=CC=C(C(=O)O)C1N.CCCCS(=O)(=O)O. The lowest BCUT2D eigenvalue weighted by Gasteiger charge is -2.30. The third-order valence-electron chi connectivity index (χ3n) is 3.16. The Morgan fingerprint density at radius 2 is 1.91 bits per heavy atom. The van der Waals surface area contributed by atoms with Crippen molar-refractivity contribution in [3.05, 3.63) is 23.8 Å². The van der Waals surface area contributed by atoms with Crippen LogP contribution in [0.4, 0.5) is 0 Å². The second-order valence-corrected chi connectivity index (χ2v) is 6.56. The quantitative estimate of drug-likeness (QED) is 0.534. The average molecular weight is 335 g/mol. The summed E-state index contributed by atoms with van der Waals surface area (Å²) in [6.07, 6.45) is 5.45. The molecule has 0 aromatic heterocycles. The first kappa shape index (κ1) is 20.3. The zero-order chi connectivity index (χ0) is 17.6. The van der Waals surface area contributed by atoms with Gasteiger partial charge < -0.3 is 15.9 Å². The van der Waals surface area contributed by atoms with Crippen LogP contribution >= 0.6 is 0 Å². The fourth-order valence-corrected chi connectivity index (χ4v) is 2.27. The van der Waals surface area contributed by atoms with Crippen LogP contribution in [0.5, 0.6) is 0 Å². The molecule has 9 heteroatoms. The van der Waals surface area contributed by atoms with Crippen LogP contribution in [0.15, 0.2) is 23.8 Å². The van der Waals surface area contributed by atoms with Gasteiger partial charge in [-0.3, -0.25) is 9.35 Å². The minimum absolute atomic E-state index is 0.0857. The molecule has 5 N–H and O–H groups in total. The number of carboxylic acid groups (broad SMARTS) is 2. The van der Waals surface area contributed by atoms with Crippen molar-refractivity contribution in [2.45, 2.75) is 32.7 Å². The first-order chi connectivity index (χ1) is 9.95. The van der Waals surface area contributed by atoms with Gasteiger partial charge in [0.2, 0.25) is 0 Å². The molecule has 126 valence electrons. The molecule has 22 heavy (non-hydrogen) atoms. The Bertz CT molecular complexity index is 579. The fraction of sp³-hybridized carbons (Fsp3) is 0.538. The summed E-state index contributed by atoms with van der Waals surface area (Å²) in [6.45, 7) is 3.26. The topological polar surface area (TPSA) is 155 Å². The molecule has 1 rings (SSSR count). The molecule has 0 aliphatic heterocycles. The first-order valence-electron chi connectivity index (χ1n) is 6.52. The Labute approximate surface area is 129 Å². The molecule has 0 saturated carbocycles. The third-order valence-corrected chi connectivity index (χ3v) is 3.97. The van der Waals surface area contributed by atoms with Gasteiger partial charge in [0.05, 0.1) is 17.4 Å². The highest BCUT2D eigenvalue weighted by Gasteiger charge is 2.42. The molecule has 0 bridgehead atoms. The normalized spacial score (nSPS) is 24.0. The molecule has 0 fully saturated rings. The predicted octanol–water partition coefficient (Wildman–Crippen LogP) is 0.660. The maximum atomic E-state index is 10.9. The zero-order valence-corrected chi connectivity index (χ0v) is 13.2. The summed E-state index contributed by atoms with van der Waals surface area (Å²) >= 11 is 0. The van der Waals surface area contributed by atoms with E-state index in [0.29, 0.717) is 6.42 Å². The summed E-state index contributed by atoms with van der Waals surface area (Å²) in [5, 5.41) is 17.7. The molecular formula is C13H21NO7S. The second kappa shape index (κ2) is 8.06. The van der Waals surface area contributed by atoms with Crippen LogP contribution in [-0.2, 0) is 19.7 Å². The van der Waals surface area contributed by atoms with Crippen LogP contribution in [0.25, 0.3) is 0 Å². The van der Waals surface area contributed by atoms with Crippen LogP contribution in [0, 0.1) is 5.41 Å². The number of carbonyl (C=O) groups is 2. The Balaban J connectivity index is 0.000000472. The number of carboxylic acids is 2.